The maximum Gasteiger partial charge on any atom is 0.321 e. The fourth-order valence-electron chi connectivity index (χ4n) is 3.95. The van der Waals surface area contributed by atoms with E-state index < -0.39 is 0 Å². The van der Waals surface area contributed by atoms with Crippen molar-refractivity contribution in [3.8, 4) is 11.5 Å². The van der Waals surface area contributed by atoms with E-state index in [1.807, 2.05) is 54.6 Å². The summed E-state index contributed by atoms with van der Waals surface area (Å²) in [6.07, 6.45) is 1.38. The lowest BCUT2D eigenvalue weighted by molar-refractivity contribution is -0.137. The molecule has 1 saturated heterocycles. The lowest BCUT2D eigenvalue weighted by Crippen LogP contribution is -2.49. The third kappa shape index (κ3) is 4.67. The van der Waals surface area contributed by atoms with Crippen molar-refractivity contribution >= 4 is 17.6 Å². The summed E-state index contributed by atoms with van der Waals surface area (Å²) < 4.78 is 11.7. The van der Waals surface area contributed by atoms with Gasteiger partial charge in [0.25, 0.3) is 0 Å². The molecular formula is C23H27N3O4. The molecule has 2 atom stereocenters. The van der Waals surface area contributed by atoms with Crippen LogP contribution >= 0.6 is 0 Å². The summed E-state index contributed by atoms with van der Waals surface area (Å²) in [5.74, 6) is 1.27. The molecule has 0 unspecified atom stereocenters. The van der Waals surface area contributed by atoms with Crippen molar-refractivity contribution in [3.63, 3.8) is 0 Å². The molecule has 7 nitrogen and oxygen atoms in total. The molecule has 2 heterocycles. The van der Waals surface area contributed by atoms with Gasteiger partial charge in [-0.2, -0.15) is 0 Å². The number of rotatable bonds is 4. The zero-order chi connectivity index (χ0) is 20.9. The highest BCUT2D eigenvalue weighted by atomic mass is 16.6. The zero-order valence-electron chi connectivity index (χ0n) is 17.1. The van der Waals surface area contributed by atoms with E-state index in [4.69, 9.17) is 9.47 Å². The largest absolute Gasteiger partial charge is 0.486 e. The predicted octanol–water partition coefficient (Wildman–Crippen LogP) is 3.23. The van der Waals surface area contributed by atoms with E-state index in [0.29, 0.717) is 32.0 Å². The van der Waals surface area contributed by atoms with Crippen molar-refractivity contribution in [1.82, 2.24) is 9.80 Å². The van der Waals surface area contributed by atoms with Gasteiger partial charge in [0, 0.05) is 25.8 Å². The lowest BCUT2D eigenvalue weighted by atomic mass is 9.96. The number of anilines is 1. The van der Waals surface area contributed by atoms with Crippen LogP contribution < -0.4 is 14.8 Å². The van der Waals surface area contributed by atoms with Crippen LogP contribution in [0.25, 0.3) is 0 Å². The van der Waals surface area contributed by atoms with Crippen molar-refractivity contribution in [2.75, 3.05) is 38.6 Å². The van der Waals surface area contributed by atoms with E-state index in [9.17, 15) is 9.59 Å². The van der Waals surface area contributed by atoms with E-state index >= 15 is 0 Å². The number of hydrogen-bond acceptors (Lipinski definition) is 4. The van der Waals surface area contributed by atoms with E-state index in [2.05, 4.69) is 5.32 Å². The Balaban J connectivity index is 1.31. The van der Waals surface area contributed by atoms with Gasteiger partial charge >= 0.3 is 6.03 Å². The fourth-order valence-corrected chi connectivity index (χ4v) is 3.95. The van der Waals surface area contributed by atoms with E-state index in [-0.39, 0.29) is 24.0 Å². The smallest absolute Gasteiger partial charge is 0.321 e. The van der Waals surface area contributed by atoms with Gasteiger partial charge in [-0.15, -0.1) is 0 Å². The van der Waals surface area contributed by atoms with Crippen LogP contribution in [0.15, 0.2) is 54.6 Å². The summed E-state index contributed by atoms with van der Waals surface area (Å²) in [5.41, 5.74) is 0.753. The standard InChI is InChI=1S/C23H27N3O4/c1-25(15-19-16-29-20-11-5-6-12-21(20)30-19)22(27)17-8-7-13-26(14-17)23(28)24-18-9-3-2-4-10-18/h2-6,9-12,17,19H,7-8,13-16H2,1H3,(H,24,28)/t17-,19+/m1/s1. The number of carbonyl (C=O) groups excluding carboxylic acids is 2. The number of amides is 3. The third-order valence-corrected chi connectivity index (χ3v) is 5.50. The third-order valence-electron chi connectivity index (χ3n) is 5.50. The second kappa shape index (κ2) is 9.07. The van der Waals surface area contributed by atoms with E-state index in [1.54, 1.807) is 16.8 Å². The molecule has 2 aliphatic heterocycles. The highest BCUT2D eigenvalue weighted by Gasteiger charge is 2.32. The summed E-state index contributed by atoms with van der Waals surface area (Å²) >= 11 is 0. The molecule has 2 aliphatic rings. The van der Waals surface area contributed by atoms with Gasteiger partial charge in [0.1, 0.15) is 6.61 Å². The first kappa shape index (κ1) is 20.1. The molecule has 0 radical (unpaired) electrons. The number of para-hydroxylation sites is 3. The Morgan fingerprint density at radius 3 is 2.63 bits per heavy atom. The van der Waals surface area contributed by atoms with Crippen LogP contribution in [0.5, 0.6) is 11.5 Å². The Bertz CT molecular complexity index is 889. The van der Waals surface area contributed by atoms with Gasteiger partial charge in [0.15, 0.2) is 17.6 Å². The van der Waals surface area contributed by atoms with E-state index in [0.717, 1.165) is 24.3 Å². The lowest BCUT2D eigenvalue weighted by Gasteiger charge is -2.35. The molecule has 1 fully saturated rings. The van der Waals surface area contributed by atoms with Crippen molar-refractivity contribution in [3.05, 3.63) is 54.6 Å². The maximum atomic E-state index is 13.0. The summed E-state index contributed by atoms with van der Waals surface area (Å²) in [7, 11) is 1.79. The van der Waals surface area contributed by atoms with Crippen LogP contribution in [-0.2, 0) is 4.79 Å². The van der Waals surface area contributed by atoms with Crippen molar-refractivity contribution in [1.29, 1.82) is 0 Å². The summed E-state index contributed by atoms with van der Waals surface area (Å²) in [6, 6.07) is 16.7. The minimum Gasteiger partial charge on any atom is -0.486 e. The van der Waals surface area contributed by atoms with Crippen molar-refractivity contribution in [2.24, 2.45) is 5.92 Å². The van der Waals surface area contributed by atoms with Crippen LogP contribution in [0, 0.1) is 5.92 Å². The Labute approximate surface area is 176 Å². The molecule has 2 aromatic rings. The molecule has 0 spiro atoms. The second-order valence-corrected chi connectivity index (χ2v) is 7.80. The average molecular weight is 409 g/mol. The van der Waals surface area contributed by atoms with Gasteiger partial charge in [0.2, 0.25) is 5.91 Å². The quantitative estimate of drug-likeness (QED) is 0.842. The molecule has 4 rings (SSSR count). The topological polar surface area (TPSA) is 71.1 Å². The molecule has 0 aliphatic carbocycles. The normalized spacial score (nSPS) is 20.4. The van der Waals surface area contributed by atoms with Crippen LogP contribution in [0.2, 0.25) is 0 Å². The number of urea groups is 1. The number of likely N-dealkylation sites (tertiary alicyclic amines) is 1. The number of likely N-dealkylation sites (N-methyl/N-ethyl adjacent to an activating group) is 1. The number of ether oxygens (including phenoxy) is 2. The first-order valence-corrected chi connectivity index (χ1v) is 10.3. The summed E-state index contributed by atoms with van der Waals surface area (Å²) in [6.45, 7) is 1.93. The number of hydrogen-bond donors (Lipinski definition) is 1. The Morgan fingerprint density at radius 2 is 1.83 bits per heavy atom. The monoisotopic (exact) mass is 409 g/mol. The van der Waals surface area contributed by atoms with Crippen LogP contribution in [0.1, 0.15) is 12.8 Å². The first-order chi connectivity index (χ1) is 14.6. The van der Waals surface area contributed by atoms with Crippen molar-refractivity contribution in [2.45, 2.75) is 18.9 Å². The number of carbonyl (C=O) groups is 2. The van der Waals surface area contributed by atoms with Gasteiger partial charge in [-0.25, -0.2) is 4.79 Å². The van der Waals surface area contributed by atoms with Gasteiger partial charge in [-0.1, -0.05) is 30.3 Å². The molecule has 30 heavy (non-hydrogen) atoms. The van der Waals surface area contributed by atoms with Crippen molar-refractivity contribution < 1.29 is 19.1 Å². The summed E-state index contributed by atoms with van der Waals surface area (Å²) in [4.78, 5) is 29.0. The first-order valence-electron chi connectivity index (χ1n) is 10.3. The van der Waals surface area contributed by atoms with Gasteiger partial charge in [-0.3, -0.25) is 4.79 Å². The molecule has 2 aromatic carbocycles. The molecule has 3 amide bonds. The number of nitrogens with zero attached hydrogens (tertiary/aromatic N) is 2. The highest BCUT2D eigenvalue weighted by molar-refractivity contribution is 5.90. The number of fused-ring (bicyclic) bond motifs is 1. The van der Waals surface area contributed by atoms with Gasteiger partial charge in [-0.05, 0) is 37.1 Å². The molecular weight excluding hydrogens is 382 g/mol. The fraction of sp³-hybridized carbons (Fsp3) is 0.391. The van der Waals surface area contributed by atoms with E-state index in [1.165, 1.54) is 0 Å². The Morgan fingerprint density at radius 1 is 1.10 bits per heavy atom. The molecule has 0 saturated carbocycles. The Kier molecular flexibility index (Phi) is 6.07. The van der Waals surface area contributed by atoms with Crippen LogP contribution in [0.3, 0.4) is 0 Å². The minimum absolute atomic E-state index is 0.0367. The average Bonchev–Trinajstić information content (AvgIpc) is 2.79. The SMILES string of the molecule is CN(C[C@H]1COc2ccccc2O1)C(=O)[C@@H]1CCCN(C(=O)Nc2ccccc2)C1. The second-order valence-electron chi connectivity index (χ2n) is 7.80. The molecule has 7 heteroatoms. The predicted molar refractivity (Wildman–Crippen MR) is 114 cm³/mol. The molecule has 158 valence electrons. The summed E-state index contributed by atoms with van der Waals surface area (Å²) in [5, 5.41) is 2.90. The minimum atomic E-state index is -0.213. The highest BCUT2D eigenvalue weighted by Crippen LogP contribution is 2.31. The van der Waals surface area contributed by atoms with Gasteiger partial charge < -0.3 is 24.6 Å². The molecule has 0 aromatic heterocycles. The van der Waals surface area contributed by atoms with Crippen LogP contribution in [-0.4, -0.2) is 61.1 Å². The Hall–Kier alpha value is -3.22. The van der Waals surface area contributed by atoms with Gasteiger partial charge in [0.05, 0.1) is 12.5 Å². The molecule has 0 bridgehead atoms. The maximum absolute atomic E-state index is 13.0. The zero-order valence-corrected chi connectivity index (χ0v) is 17.1. The number of nitrogens with one attached hydrogen (secondary N) is 1. The number of piperidine rings is 1. The molecule has 1 N–H and O–H groups in total. The number of benzene rings is 2. The van der Waals surface area contributed by atoms with Crippen LogP contribution in [0.4, 0.5) is 10.5 Å².